The maximum Gasteiger partial charge on any atom is 0.136 e. The molecule has 2 aromatic heterocycles. The Bertz CT molecular complexity index is 2470. The number of rotatable bonds is 3. The van der Waals surface area contributed by atoms with E-state index in [0.717, 1.165) is 44.5 Å². The molecule has 0 aliphatic heterocycles. The second-order valence-corrected chi connectivity index (χ2v) is 11.2. The fraction of sp³-hybridized carbons (Fsp3) is 0.0250. The SMILES string of the molecule is Cc1nc2ccccc2n1-c1cccc(-c2c3ccccc3c(-c3cccc4oc5ccccc5c34)c3ccccc23)c1. The van der Waals surface area contributed by atoms with Crippen LogP contribution in [0.2, 0.25) is 0 Å². The molecule has 43 heavy (non-hydrogen) atoms. The van der Waals surface area contributed by atoms with Crippen molar-refractivity contribution < 1.29 is 4.42 Å². The van der Waals surface area contributed by atoms with Crippen LogP contribution in [0.3, 0.4) is 0 Å². The van der Waals surface area contributed by atoms with E-state index in [1.54, 1.807) is 0 Å². The number of nitrogens with zero attached hydrogens (tertiary/aromatic N) is 2. The third-order valence-electron chi connectivity index (χ3n) is 8.72. The summed E-state index contributed by atoms with van der Waals surface area (Å²) in [5.74, 6) is 0.976. The van der Waals surface area contributed by atoms with Crippen molar-refractivity contribution in [2.24, 2.45) is 0 Å². The van der Waals surface area contributed by atoms with Gasteiger partial charge in [0.2, 0.25) is 0 Å². The largest absolute Gasteiger partial charge is 0.456 e. The van der Waals surface area contributed by atoms with Gasteiger partial charge in [-0.05, 0) is 87.1 Å². The number of aryl methyl sites for hydroxylation is 1. The first-order valence-corrected chi connectivity index (χ1v) is 14.7. The lowest BCUT2D eigenvalue weighted by Crippen LogP contribution is -1.97. The Balaban J connectivity index is 1.37. The Hall–Kier alpha value is -5.67. The second-order valence-electron chi connectivity index (χ2n) is 11.2. The molecule has 0 amide bonds. The molecule has 0 saturated heterocycles. The quantitative estimate of drug-likeness (QED) is 0.205. The van der Waals surface area contributed by atoms with Crippen LogP contribution in [-0.4, -0.2) is 9.55 Å². The predicted octanol–water partition coefficient (Wildman–Crippen LogP) is 10.9. The minimum atomic E-state index is 0.909. The normalized spacial score (nSPS) is 11.8. The van der Waals surface area contributed by atoms with Crippen molar-refractivity contribution in [3.8, 4) is 27.9 Å². The first-order valence-electron chi connectivity index (χ1n) is 14.7. The number of imidazole rings is 1. The topological polar surface area (TPSA) is 31.0 Å². The van der Waals surface area contributed by atoms with Crippen LogP contribution in [0.15, 0.2) is 144 Å². The van der Waals surface area contributed by atoms with Crippen molar-refractivity contribution >= 4 is 54.5 Å². The van der Waals surface area contributed by atoms with Gasteiger partial charge in [-0.3, -0.25) is 4.57 Å². The zero-order valence-electron chi connectivity index (χ0n) is 23.6. The van der Waals surface area contributed by atoms with Crippen molar-refractivity contribution in [2.45, 2.75) is 6.92 Å². The average molecular weight is 551 g/mol. The summed E-state index contributed by atoms with van der Waals surface area (Å²) in [4.78, 5) is 4.83. The maximum atomic E-state index is 6.31. The molecule has 0 bridgehead atoms. The molecule has 0 unspecified atom stereocenters. The lowest BCUT2D eigenvalue weighted by atomic mass is 9.85. The zero-order valence-corrected chi connectivity index (χ0v) is 23.6. The molecular formula is C40H26N2O. The van der Waals surface area contributed by atoms with Crippen LogP contribution in [-0.2, 0) is 0 Å². The van der Waals surface area contributed by atoms with E-state index in [1.165, 1.54) is 43.8 Å². The van der Waals surface area contributed by atoms with Gasteiger partial charge in [-0.25, -0.2) is 4.98 Å². The highest BCUT2D eigenvalue weighted by Crippen LogP contribution is 2.47. The van der Waals surface area contributed by atoms with Crippen LogP contribution < -0.4 is 0 Å². The Morgan fingerprint density at radius 3 is 1.91 bits per heavy atom. The molecular weight excluding hydrogens is 524 g/mol. The van der Waals surface area contributed by atoms with Gasteiger partial charge in [-0.15, -0.1) is 0 Å². The smallest absolute Gasteiger partial charge is 0.136 e. The van der Waals surface area contributed by atoms with Gasteiger partial charge in [0.1, 0.15) is 17.0 Å². The molecule has 3 nitrogen and oxygen atoms in total. The van der Waals surface area contributed by atoms with Crippen molar-refractivity contribution in [1.29, 1.82) is 0 Å². The Labute approximate surface area is 248 Å². The summed E-state index contributed by atoms with van der Waals surface area (Å²) in [6.07, 6.45) is 0. The van der Waals surface area contributed by atoms with E-state index in [4.69, 9.17) is 9.40 Å². The lowest BCUT2D eigenvalue weighted by Gasteiger charge is -2.19. The van der Waals surface area contributed by atoms with Gasteiger partial charge in [0.25, 0.3) is 0 Å². The molecule has 0 N–H and O–H groups in total. The van der Waals surface area contributed by atoms with Crippen LogP contribution in [0.5, 0.6) is 0 Å². The van der Waals surface area contributed by atoms with Crippen molar-refractivity contribution in [2.75, 3.05) is 0 Å². The van der Waals surface area contributed by atoms with Gasteiger partial charge >= 0.3 is 0 Å². The van der Waals surface area contributed by atoms with Crippen LogP contribution in [0, 0.1) is 6.92 Å². The van der Waals surface area contributed by atoms with E-state index in [9.17, 15) is 0 Å². The number of fused-ring (bicyclic) bond motifs is 6. The first kappa shape index (κ1) is 24.0. The van der Waals surface area contributed by atoms with Gasteiger partial charge in [0.15, 0.2) is 0 Å². The zero-order chi connectivity index (χ0) is 28.5. The third kappa shape index (κ3) is 3.52. The molecule has 7 aromatic carbocycles. The molecule has 0 spiro atoms. The monoisotopic (exact) mass is 550 g/mol. The summed E-state index contributed by atoms with van der Waals surface area (Å²) >= 11 is 0. The van der Waals surface area contributed by atoms with Gasteiger partial charge < -0.3 is 4.42 Å². The maximum absolute atomic E-state index is 6.31. The summed E-state index contributed by atoms with van der Waals surface area (Å²) in [6.45, 7) is 2.08. The number of furan rings is 1. The van der Waals surface area contributed by atoms with E-state index in [1.807, 2.05) is 12.1 Å². The molecule has 0 radical (unpaired) electrons. The summed E-state index contributed by atoms with van der Waals surface area (Å²) in [6, 6.07) is 49.6. The summed E-state index contributed by atoms with van der Waals surface area (Å²) in [5.41, 5.74) is 9.89. The van der Waals surface area contributed by atoms with Gasteiger partial charge in [0.05, 0.1) is 11.0 Å². The fourth-order valence-electron chi connectivity index (χ4n) is 6.99. The Morgan fingerprint density at radius 2 is 1.14 bits per heavy atom. The Kier molecular flexibility index (Phi) is 5.11. The third-order valence-corrected chi connectivity index (χ3v) is 8.72. The van der Waals surface area contributed by atoms with E-state index in [0.29, 0.717) is 0 Å². The second kappa shape index (κ2) is 9.17. The Morgan fingerprint density at radius 1 is 0.535 bits per heavy atom. The summed E-state index contributed by atoms with van der Waals surface area (Å²) < 4.78 is 8.57. The minimum absolute atomic E-state index is 0.909. The number of hydrogen-bond acceptors (Lipinski definition) is 2. The van der Waals surface area contributed by atoms with Crippen LogP contribution >= 0.6 is 0 Å². The number of benzene rings is 7. The van der Waals surface area contributed by atoms with E-state index in [2.05, 4.69) is 139 Å². The van der Waals surface area contributed by atoms with Gasteiger partial charge in [-0.2, -0.15) is 0 Å². The molecule has 0 aliphatic carbocycles. The molecule has 202 valence electrons. The minimum Gasteiger partial charge on any atom is -0.456 e. The highest BCUT2D eigenvalue weighted by Gasteiger charge is 2.20. The van der Waals surface area contributed by atoms with E-state index in [-0.39, 0.29) is 0 Å². The van der Waals surface area contributed by atoms with E-state index >= 15 is 0 Å². The molecule has 0 atom stereocenters. The molecule has 3 heteroatoms. The lowest BCUT2D eigenvalue weighted by molar-refractivity contribution is 0.669. The number of aromatic nitrogens is 2. The van der Waals surface area contributed by atoms with Crippen LogP contribution in [0.1, 0.15) is 5.82 Å². The first-order chi connectivity index (χ1) is 21.3. The van der Waals surface area contributed by atoms with Crippen LogP contribution in [0.25, 0.3) is 82.5 Å². The average Bonchev–Trinajstić information content (AvgIpc) is 3.60. The summed E-state index contributed by atoms with van der Waals surface area (Å²) in [5, 5.41) is 7.20. The highest BCUT2D eigenvalue weighted by atomic mass is 16.3. The van der Waals surface area contributed by atoms with E-state index < -0.39 is 0 Å². The molecule has 9 rings (SSSR count). The van der Waals surface area contributed by atoms with Gasteiger partial charge in [-0.1, -0.05) is 103 Å². The fourth-order valence-corrected chi connectivity index (χ4v) is 6.99. The number of hydrogen-bond donors (Lipinski definition) is 0. The summed E-state index contributed by atoms with van der Waals surface area (Å²) in [7, 11) is 0. The molecule has 9 aromatic rings. The molecule has 0 saturated carbocycles. The van der Waals surface area contributed by atoms with Crippen LogP contribution in [0.4, 0.5) is 0 Å². The molecule has 0 aliphatic rings. The standard InChI is InChI=1S/C40H26N2O/c1-25-41-34-20-7-8-21-35(34)42(25)27-13-10-12-26(24-27)38-28-14-2-4-16-30(28)39(31-17-5-3-15-29(31)38)33-19-11-23-37-40(33)32-18-6-9-22-36(32)43-37/h2-24H,1H3. The molecule has 2 heterocycles. The van der Waals surface area contributed by atoms with Crippen molar-refractivity contribution in [3.63, 3.8) is 0 Å². The number of para-hydroxylation sites is 3. The van der Waals surface area contributed by atoms with Crippen molar-refractivity contribution in [1.82, 2.24) is 9.55 Å². The van der Waals surface area contributed by atoms with Crippen molar-refractivity contribution in [3.05, 3.63) is 145 Å². The molecule has 0 fully saturated rings. The predicted molar refractivity (Wildman–Crippen MR) is 179 cm³/mol. The highest BCUT2D eigenvalue weighted by molar-refractivity contribution is 6.25. The van der Waals surface area contributed by atoms with Gasteiger partial charge in [0, 0.05) is 16.5 Å².